The summed E-state index contributed by atoms with van der Waals surface area (Å²) in [6.07, 6.45) is 1.20. The normalized spacial score (nSPS) is 18.5. The Morgan fingerprint density at radius 3 is 3.00 bits per heavy atom. The SMILES string of the molecule is CCOCCO[C@H]1CCN(c2ccc(C#N)nn2)C1. The average molecular weight is 262 g/mol. The van der Waals surface area contributed by atoms with Crippen LogP contribution in [0.15, 0.2) is 12.1 Å². The number of nitrogens with zero attached hydrogens (tertiary/aromatic N) is 4. The van der Waals surface area contributed by atoms with E-state index in [0.717, 1.165) is 31.9 Å². The minimum absolute atomic E-state index is 0.220. The van der Waals surface area contributed by atoms with Gasteiger partial charge in [0.05, 0.1) is 19.3 Å². The van der Waals surface area contributed by atoms with E-state index in [0.29, 0.717) is 18.9 Å². The Bertz CT molecular complexity index is 429. The van der Waals surface area contributed by atoms with Crippen LogP contribution in [0, 0.1) is 11.3 Å². The van der Waals surface area contributed by atoms with E-state index >= 15 is 0 Å². The zero-order valence-corrected chi connectivity index (χ0v) is 11.1. The van der Waals surface area contributed by atoms with Crippen molar-refractivity contribution >= 4 is 5.82 Å². The Hall–Kier alpha value is -1.71. The van der Waals surface area contributed by atoms with Crippen molar-refractivity contribution in [3.05, 3.63) is 17.8 Å². The van der Waals surface area contributed by atoms with Crippen molar-refractivity contribution in [2.75, 3.05) is 37.8 Å². The molecule has 0 aromatic carbocycles. The van der Waals surface area contributed by atoms with E-state index in [1.54, 1.807) is 6.07 Å². The van der Waals surface area contributed by atoms with Crippen LogP contribution in [0.2, 0.25) is 0 Å². The lowest BCUT2D eigenvalue weighted by Crippen LogP contribution is -2.24. The molecule has 6 nitrogen and oxygen atoms in total. The summed E-state index contributed by atoms with van der Waals surface area (Å²) in [5, 5.41) is 16.6. The van der Waals surface area contributed by atoms with Gasteiger partial charge >= 0.3 is 0 Å². The molecule has 0 aliphatic carbocycles. The van der Waals surface area contributed by atoms with Crippen molar-refractivity contribution < 1.29 is 9.47 Å². The van der Waals surface area contributed by atoms with Crippen LogP contribution in [0.3, 0.4) is 0 Å². The lowest BCUT2D eigenvalue weighted by atomic mass is 10.3. The topological polar surface area (TPSA) is 71.3 Å². The van der Waals surface area contributed by atoms with Gasteiger partial charge in [-0.1, -0.05) is 0 Å². The highest BCUT2D eigenvalue weighted by atomic mass is 16.5. The summed E-state index contributed by atoms with van der Waals surface area (Å²) in [6.45, 7) is 5.68. The first-order valence-corrected chi connectivity index (χ1v) is 6.51. The summed E-state index contributed by atoms with van der Waals surface area (Å²) < 4.78 is 11.0. The molecule has 1 aromatic rings. The smallest absolute Gasteiger partial charge is 0.163 e. The molecule has 0 saturated carbocycles. The summed E-state index contributed by atoms with van der Waals surface area (Å²) >= 11 is 0. The molecule has 6 heteroatoms. The molecule has 1 fully saturated rings. The molecule has 0 N–H and O–H groups in total. The van der Waals surface area contributed by atoms with Crippen molar-refractivity contribution in [1.29, 1.82) is 5.26 Å². The zero-order valence-electron chi connectivity index (χ0n) is 11.1. The molecule has 0 amide bonds. The molecule has 1 aliphatic heterocycles. The van der Waals surface area contributed by atoms with E-state index in [2.05, 4.69) is 15.1 Å². The highest BCUT2D eigenvalue weighted by Crippen LogP contribution is 2.19. The zero-order chi connectivity index (χ0) is 13.5. The van der Waals surface area contributed by atoms with Gasteiger partial charge in [-0.25, -0.2) is 0 Å². The minimum Gasteiger partial charge on any atom is -0.379 e. The molecule has 19 heavy (non-hydrogen) atoms. The van der Waals surface area contributed by atoms with Crippen LogP contribution in [-0.4, -0.2) is 49.2 Å². The van der Waals surface area contributed by atoms with Gasteiger partial charge in [-0.15, -0.1) is 10.2 Å². The average Bonchev–Trinajstić information content (AvgIpc) is 2.92. The van der Waals surface area contributed by atoms with Crippen LogP contribution in [-0.2, 0) is 9.47 Å². The second kappa shape index (κ2) is 7.02. The standard InChI is InChI=1S/C13H18N4O2/c1-2-18-7-8-19-12-5-6-17(10-12)13-4-3-11(9-14)15-16-13/h3-4,12H,2,5-8,10H2,1H3/t12-/m0/s1. The maximum Gasteiger partial charge on any atom is 0.163 e. The fourth-order valence-electron chi connectivity index (χ4n) is 2.04. The molecule has 0 spiro atoms. The van der Waals surface area contributed by atoms with Gasteiger partial charge in [-0.3, -0.25) is 0 Å². The fourth-order valence-corrected chi connectivity index (χ4v) is 2.04. The van der Waals surface area contributed by atoms with E-state index < -0.39 is 0 Å². The van der Waals surface area contributed by atoms with Crippen LogP contribution in [0.25, 0.3) is 0 Å². The van der Waals surface area contributed by atoms with Crippen LogP contribution < -0.4 is 4.90 Å². The van der Waals surface area contributed by atoms with Crippen molar-refractivity contribution in [2.24, 2.45) is 0 Å². The van der Waals surface area contributed by atoms with Crippen LogP contribution >= 0.6 is 0 Å². The Kier molecular flexibility index (Phi) is 5.07. The predicted molar refractivity (Wildman–Crippen MR) is 69.8 cm³/mol. The van der Waals surface area contributed by atoms with Crippen LogP contribution in [0.1, 0.15) is 19.0 Å². The highest BCUT2D eigenvalue weighted by molar-refractivity contribution is 5.40. The molecular formula is C13H18N4O2. The molecule has 0 unspecified atom stereocenters. The summed E-state index contributed by atoms with van der Waals surface area (Å²) in [4.78, 5) is 2.12. The largest absolute Gasteiger partial charge is 0.379 e. The first kappa shape index (κ1) is 13.7. The second-order valence-corrected chi connectivity index (χ2v) is 4.31. The maximum absolute atomic E-state index is 8.68. The van der Waals surface area contributed by atoms with Gasteiger partial charge in [0.1, 0.15) is 6.07 Å². The highest BCUT2D eigenvalue weighted by Gasteiger charge is 2.24. The number of hydrogen-bond acceptors (Lipinski definition) is 6. The number of nitriles is 1. The number of anilines is 1. The van der Waals surface area contributed by atoms with Crippen molar-refractivity contribution in [3.8, 4) is 6.07 Å². The van der Waals surface area contributed by atoms with E-state index in [9.17, 15) is 0 Å². The number of rotatable bonds is 6. The molecule has 1 aromatic heterocycles. The third-order valence-corrected chi connectivity index (χ3v) is 3.02. The number of ether oxygens (including phenoxy) is 2. The summed E-state index contributed by atoms with van der Waals surface area (Å²) in [7, 11) is 0. The second-order valence-electron chi connectivity index (χ2n) is 4.31. The molecule has 2 heterocycles. The van der Waals surface area contributed by atoms with Gasteiger partial charge in [0, 0.05) is 19.7 Å². The first-order chi connectivity index (χ1) is 9.33. The molecule has 0 radical (unpaired) electrons. The third-order valence-electron chi connectivity index (χ3n) is 3.02. The molecule has 102 valence electrons. The Labute approximate surface area is 112 Å². The van der Waals surface area contributed by atoms with Crippen molar-refractivity contribution in [1.82, 2.24) is 10.2 Å². The Morgan fingerprint density at radius 1 is 1.42 bits per heavy atom. The van der Waals surface area contributed by atoms with Crippen LogP contribution in [0.5, 0.6) is 0 Å². The van der Waals surface area contributed by atoms with Gasteiger partial charge in [-0.05, 0) is 25.5 Å². The Morgan fingerprint density at radius 2 is 2.32 bits per heavy atom. The van der Waals surface area contributed by atoms with E-state index in [4.69, 9.17) is 14.7 Å². The third kappa shape index (κ3) is 3.88. The predicted octanol–water partition coefficient (Wildman–Crippen LogP) is 0.980. The van der Waals surface area contributed by atoms with Gasteiger partial charge < -0.3 is 14.4 Å². The van der Waals surface area contributed by atoms with E-state index in [-0.39, 0.29) is 6.10 Å². The molecule has 1 saturated heterocycles. The van der Waals surface area contributed by atoms with Crippen molar-refractivity contribution in [3.63, 3.8) is 0 Å². The van der Waals surface area contributed by atoms with Crippen molar-refractivity contribution in [2.45, 2.75) is 19.4 Å². The molecule has 2 rings (SSSR count). The fraction of sp³-hybridized carbons (Fsp3) is 0.615. The molecule has 1 atom stereocenters. The van der Waals surface area contributed by atoms with Gasteiger partial charge in [-0.2, -0.15) is 5.26 Å². The van der Waals surface area contributed by atoms with Gasteiger partial charge in [0.15, 0.2) is 11.5 Å². The Balaban J connectivity index is 1.79. The lowest BCUT2D eigenvalue weighted by Gasteiger charge is -2.16. The van der Waals surface area contributed by atoms with E-state index in [1.165, 1.54) is 0 Å². The van der Waals surface area contributed by atoms with Gasteiger partial charge in [0.2, 0.25) is 0 Å². The summed E-state index contributed by atoms with van der Waals surface area (Å²) in [5.41, 5.74) is 0.340. The minimum atomic E-state index is 0.220. The number of hydrogen-bond donors (Lipinski definition) is 0. The van der Waals surface area contributed by atoms with Crippen LogP contribution in [0.4, 0.5) is 5.82 Å². The van der Waals surface area contributed by atoms with Gasteiger partial charge in [0.25, 0.3) is 0 Å². The molecular weight excluding hydrogens is 244 g/mol. The lowest BCUT2D eigenvalue weighted by molar-refractivity contribution is 0.0169. The quantitative estimate of drug-likeness (QED) is 0.712. The summed E-state index contributed by atoms with van der Waals surface area (Å²) in [5.74, 6) is 0.801. The first-order valence-electron chi connectivity index (χ1n) is 6.51. The summed E-state index contributed by atoms with van der Waals surface area (Å²) in [6, 6.07) is 5.48. The number of aromatic nitrogens is 2. The van der Waals surface area contributed by atoms with E-state index in [1.807, 2.05) is 19.1 Å². The molecule has 0 bridgehead atoms. The maximum atomic E-state index is 8.68. The molecule has 1 aliphatic rings. The monoisotopic (exact) mass is 262 g/mol.